The maximum atomic E-state index is 5.58. The van der Waals surface area contributed by atoms with E-state index in [1.54, 1.807) is 0 Å². The quantitative estimate of drug-likeness (QED) is 0.811. The van der Waals surface area contributed by atoms with E-state index in [0.717, 1.165) is 18.1 Å². The van der Waals surface area contributed by atoms with Crippen molar-refractivity contribution in [1.82, 2.24) is 10.2 Å². The molecule has 3 nitrogen and oxygen atoms in total. The first-order chi connectivity index (χ1) is 8.28. The standard InChI is InChI=1S/C14H26N2O/c1-16-11-6-7-12(16)9-10(8-11)15-13-4-3-5-14(13)17-2/h10-15H,3-9H2,1-2H3. The van der Waals surface area contributed by atoms with E-state index >= 15 is 0 Å². The topological polar surface area (TPSA) is 24.5 Å². The first-order valence-electron chi connectivity index (χ1n) is 7.28. The lowest BCUT2D eigenvalue weighted by Gasteiger charge is -2.38. The van der Waals surface area contributed by atoms with Crippen LogP contribution in [0.1, 0.15) is 44.9 Å². The Labute approximate surface area is 105 Å². The molecule has 1 N–H and O–H groups in total. The van der Waals surface area contributed by atoms with E-state index in [9.17, 15) is 0 Å². The minimum Gasteiger partial charge on any atom is -0.380 e. The summed E-state index contributed by atoms with van der Waals surface area (Å²) >= 11 is 0. The van der Waals surface area contributed by atoms with Gasteiger partial charge >= 0.3 is 0 Å². The number of fused-ring (bicyclic) bond motifs is 2. The largest absolute Gasteiger partial charge is 0.380 e. The molecule has 1 saturated carbocycles. The molecule has 98 valence electrons. The molecule has 2 saturated heterocycles. The summed E-state index contributed by atoms with van der Waals surface area (Å²) in [6, 6.07) is 3.04. The van der Waals surface area contributed by atoms with Crippen molar-refractivity contribution in [3.05, 3.63) is 0 Å². The van der Waals surface area contributed by atoms with Crippen molar-refractivity contribution in [2.24, 2.45) is 0 Å². The zero-order chi connectivity index (χ0) is 11.8. The first-order valence-corrected chi connectivity index (χ1v) is 7.28. The molecule has 2 bridgehead atoms. The monoisotopic (exact) mass is 238 g/mol. The second-order valence-electron chi connectivity index (χ2n) is 6.20. The fourth-order valence-corrected chi connectivity index (χ4v) is 4.25. The molecule has 4 atom stereocenters. The van der Waals surface area contributed by atoms with Crippen molar-refractivity contribution >= 4 is 0 Å². The van der Waals surface area contributed by atoms with Gasteiger partial charge in [-0.1, -0.05) is 0 Å². The molecular formula is C14H26N2O. The van der Waals surface area contributed by atoms with Crippen LogP contribution in [0.15, 0.2) is 0 Å². The minimum absolute atomic E-state index is 0.465. The highest BCUT2D eigenvalue weighted by molar-refractivity contribution is 4.98. The number of piperidine rings is 1. The van der Waals surface area contributed by atoms with Crippen molar-refractivity contribution in [2.45, 2.75) is 75.2 Å². The number of hydrogen-bond acceptors (Lipinski definition) is 3. The molecule has 0 amide bonds. The van der Waals surface area contributed by atoms with Crippen LogP contribution in [-0.4, -0.2) is 49.3 Å². The Hall–Kier alpha value is -0.120. The van der Waals surface area contributed by atoms with Gasteiger partial charge in [-0.3, -0.25) is 0 Å². The van der Waals surface area contributed by atoms with Gasteiger partial charge in [0.2, 0.25) is 0 Å². The molecule has 17 heavy (non-hydrogen) atoms. The predicted octanol–water partition coefficient (Wildman–Crippen LogP) is 1.77. The molecule has 1 aliphatic carbocycles. The van der Waals surface area contributed by atoms with E-state index in [-0.39, 0.29) is 0 Å². The average molecular weight is 238 g/mol. The van der Waals surface area contributed by atoms with Crippen molar-refractivity contribution in [1.29, 1.82) is 0 Å². The maximum Gasteiger partial charge on any atom is 0.0724 e. The molecular weight excluding hydrogens is 212 g/mol. The number of nitrogens with one attached hydrogen (secondary N) is 1. The van der Waals surface area contributed by atoms with Crippen LogP contribution in [0.4, 0.5) is 0 Å². The summed E-state index contributed by atoms with van der Waals surface area (Å²) in [4.78, 5) is 2.61. The minimum atomic E-state index is 0.465. The second kappa shape index (κ2) is 4.87. The summed E-state index contributed by atoms with van der Waals surface area (Å²) in [6.45, 7) is 0. The summed E-state index contributed by atoms with van der Waals surface area (Å²) in [5, 5.41) is 3.89. The zero-order valence-corrected chi connectivity index (χ0v) is 11.2. The average Bonchev–Trinajstić information content (AvgIpc) is 2.82. The molecule has 0 radical (unpaired) electrons. The highest BCUT2D eigenvalue weighted by atomic mass is 16.5. The highest BCUT2D eigenvalue weighted by Crippen LogP contribution is 2.35. The summed E-state index contributed by atoms with van der Waals surface area (Å²) < 4.78 is 5.58. The van der Waals surface area contributed by atoms with Crippen LogP contribution in [0.3, 0.4) is 0 Å². The van der Waals surface area contributed by atoms with Crippen LogP contribution in [-0.2, 0) is 4.74 Å². The second-order valence-corrected chi connectivity index (χ2v) is 6.20. The predicted molar refractivity (Wildman–Crippen MR) is 69.2 cm³/mol. The molecule has 2 heterocycles. The Morgan fingerprint density at radius 2 is 1.76 bits per heavy atom. The molecule has 3 aliphatic rings. The third kappa shape index (κ3) is 2.25. The lowest BCUT2D eigenvalue weighted by atomic mass is 9.97. The lowest BCUT2D eigenvalue weighted by molar-refractivity contribution is 0.0704. The van der Waals surface area contributed by atoms with Crippen LogP contribution in [0.25, 0.3) is 0 Å². The Morgan fingerprint density at radius 1 is 1.06 bits per heavy atom. The molecule has 4 unspecified atom stereocenters. The maximum absolute atomic E-state index is 5.58. The van der Waals surface area contributed by atoms with E-state index < -0.39 is 0 Å². The van der Waals surface area contributed by atoms with E-state index in [0.29, 0.717) is 12.1 Å². The van der Waals surface area contributed by atoms with E-state index in [1.165, 1.54) is 44.9 Å². The molecule has 0 aromatic heterocycles. The summed E-state index contributed by atoms with van der Waals surface area (Å²) in [5.41, 5.74) is 0. The van der Waals surface area contributed by atoms with Crippen LogP contribution in [0.2, 0.25) is 0 Å². The van der Waals surface area contributed by atoms with Gasteiger partial charge < -0.3 is 15.0 Å². The summed E-state index contributed by atoms with van der Waals surface area (Å²) in [7, 11) is 4.18. The highest BCUT2D eigenvalue weighted by Gasteiger charge is 2.40. The van der Waals surface area contributed by atoms with Gasteiger partial charge in [0.25, 0.3) is 0 Å². The Kier molecular flexibility index (Phi) is 3.42. The fourth-order valence-electron chi connectivity index (χ4n) is 4.25. The normalized spacial score (nSPS) is 46.6. The van der Waals surface area contributed by atoms with Gasteiger partial charge in [0, 0.05) is 31.3 Å². The van der Waals surface area contributed by atoms with E-state index in [4.69, 9.17) is 4.74 Å². The number of nitrogens with zero attached hydrogens (tertiary/aromatic N) is 1. The van der Waals surface area contributed by atoms with Gasteiger partial charge in [-0.05, 0) is 52.0 Å². The smallest absolute Gasteiger partial charge is 0.0724 e. The van der Waals surface area contributed by atoms with Gasteiger partial charge in [-0.15, -0.1) is 0 Å². The third-order valence-corrected chi connectivity index (χ3v) is 5.30. The summed E-state index contributed by atoms with van der Waals surface area (Å²) in [6.07, 6.45) is 9.87. The Morgan fingerprint density at radius 3 is 2.41 bits per heavy atom. The fraction of sp³-hybridized carbons (Fsp3) is 1.00. The molecule has 3 heteroatoms. The van der Waals surface area contributed by atoms with E-state index in [1.807, 2.05) is 7.11 Å². The van der Waals surface area contributed by atoms with Crippen LogP contribution < -0.4 is 5.32 Å². The van der Waals surface area contributed by atoms with Gasteiger partial charge in [0.05, 0.1) is 6.10 Å². The SMILES string of the molecule is COC1CCCC1NC1CC2CCC(C1)N2C. The third-order valence-electron chi connectivity index (χ3n) is 5.30. The Bertz CT molecular complexity index is 257. The number of rotatable bonds is 3. The lowest BCUT2D eigenvalue weighted by Crippen LogP contribution is -2.51. The van der Waals surface area contributed by atoms with Crippen LogP contribution in [0, 0.1) is 0 Å². The molecule has 2 aliphatic heterocycles. The molecule has 0 aromatic carbocycles. The molecule has 0 spiro atoms. The molecule has 3 rings (SSSR count). The van der Waals surface area contributed by atoms with Gasteiger partial charge in [-0.25, -0.2) is 0 Å². The first kappa shape index (κ1) is 11.9. The van der Waals surface area contributed by atoms with Crippen molar-refractivity contribution in [3.63, 3.8) is 0 Å². The Balaban J connectivity index is 1.56. The van der Waals surface area contributed by atoms with Crippen molar-refractivity contribution < 1.29 is 4.74 Å². The molecule has 3 fully saturated rings. The van der Waals surface area contributed by atoms with Gasteiger partial charge in [0.1, 0.15) is 0 Å². The zero-order valence-electron chi connectivity index (χ0n) is 11.2. The number of methoxy groups -OCH3 is 1. The summed E-state index contributed by atoms with van der Waals surface area (Å²) in [5.74, 6) is 0. The van der Waals surface area contributed by atoms with Crippen LogP contribution >= 0.6 is 0 Å². The van der Waals surface area contributed by atoms with Gasteiger partial charge in [-0.2, -0.15) is 0 Å². The van der Waals surface area contributed by atoms with Crippen LogP contribution in [0.5, 0.6) is 0 Å². The van der Waals surface area contributed by atoms with Gasteiger partial charge in [0.15, 0.2) is 0 Å². The number of ether oxygens (including phenoxy) is 1. The van der Waals surface area contributed by atoms with Crippen molar-refractivity contribution in [3.8, 4) is 0 Å². The molecule has 0 aromatic rings. The number of hydrogen-bond donors (Lipinski definition) is 1. The van der Waals surface area contributed by atoms with E-state index in [2.05, 4.69) is 17.3 Å². The van der Waals surface area contributed by atoms with Crippen molar-refractivity contribution in [2.75, 3.05) is 14.2 Å².